The number of nitrogens with two attached hydrogens (primary N) is 1. The van der Waals surface area contributed by atoms with Crippen LogP contribution in [0.1, 0.15) is 31.2 Å². The highest BCUT2D eigenvalue weighted by Gasteiger charge is 2.39. The van der Waals surface area contributed by atoms with Crippen molar-refractivity contribution in [1.29, 1.82) is 5.41 Å². The molecule has 2 saturated heterocycles. The quantitative estimate of drug-likeness (QED) is 0.501. The Morgan fingerprint density at radius 1 is 1.07 bits per heavy atom. The molecule has 0 aromatic heterocycles. The Balaban J connectivity index is 1.54. The monoisotopic (exact) mass is 426 g/mol. The van der Waals surface area contributed by atoms with Crippen LogP contribution in [0.3, 0.4) is 0 Å². The minimum absolute atomic E-state index is 0.00721. The summed E-state index contributed by atoms with van der Waals surface area (Å²) in [4.78, 5) is 15.3. The van der Waals surface area contributed by atoms with Gasteiger partial charge in [-0.3, -0.25) is 10.2 Å². The molecule has 7 nitrogen and oxygen atoms in total. The Hall–Kier alpha value is -2.71. The minimum atomic E-state index is -3.77. The molecule has 1 amide bonds. The summed E-state index contributed by atoms with van der Waals surface area (Å²) in [6.45, 7) is 0. The number of nitrogen functional groups attached to an aromatic ring is 1. The zero-order valence-electron chi connectivity index (χ0n) is 16.8. The van der Waals surface area contributed by atoms with Crippen LogP contribution in [0.4, 0.5) is 5.69 Å². The van der Waals surface area contributed by atoms with Crippen LogP contribution in [-0.4, -0.2) is 50.1 Å². The van der Waals surface area contributed by atoms with Gasteiger partial charge in [-0.25, -0.2) is 8.42 Å². The molecule has 2 aromatic carbocycles. The largest absolute Gasteiger partial charge is 0.398 e. The van der Waals surface area contributed by atoms with Crippen molar-refractivity contribution in [2.45, 2.75) is 53.6 Å². The predicted molar refractivity (Wildman–Crippen MR) is 115 cm³/mol. The molecule has 4 N–H and O–H groups in total. The number of rotatable bonds is 5. The number of nitrogens with one attached hydrogen (secondary N) is 2. The number of nitrogens with zero attached hydrogens (tertiary/aromatic N) is 1. The van der Waals surface area contributed by atoms with Crippen molar-refractivity contribution in [3.8, 4) is 0 Å². The third-order valence-electron chi connectivity index (χ3n) is 6.32. The fraction of sp³-hybridized carbons (Fsp3) is 0.364. The highest BCUT2D eigenvalue weighted by molar-refractivity contribution is 7.91. The van der Waals surface area contributed by atoms with E-state index in [1.54, 1.807) is 18.2 Å². The first-order valence-corrected chi connectivity index (χ1v) is 11.6. The third-order valence-corrected chi connectivity index (χ3v) is 8.09. The van der Waals surface area contributed by atoms with E-state index in [0.717, 1.165) is 25.7 Å². The van der Waals surface area contributed by atoms with Gasteiger partial charge >= 0.3 is 0 Å². The van der Waals surface area contributed by atoms with Crippen LogP contribution in [0.2, 0.25) is 0 Å². The molecule has 4 rings (SSSR count). The average Bonchev–Trinajstić information content (AvgIpc) is 2.94. The highest BCUT2D eigenvalue weighted by Crippen LogP contribution is 2.34. The minimum Gasteiger partial charge on any atom is -0.398 e. The number of hydrogen-bond acceptors (Lipinski definition) is 6. The maximum absolute atomic E-state index is 12.9. The van der Waals surface area contributed by atoms with Crippen molar-refractivity contribution in [2.75, 3.05) is 12.8 Å². The molecule has 0 saturated carbocycles. The zero-order valence-corrected chi connectivity index (χ0v) is 17.7. The van der Waals surface area contributed by atoms with E-state index in [4.69, 9.17) is 11.1 Å². The Morgan fingerprint density at radius 3 is 2.33 bits per heavy atom. The van der Waals surface area contributed by atoms with Crippen LogP contribution >= 0.6 is 0 Å². The van der Waals surface area contributed by atoms with E-state index in [1.807, 2.05) is 0 Å². The van der Waals surface area contributed by atoms with Gasteiger partial charge in [-0.05, 0) is 63.1 Å². The fourth-order valence-electron chi connectivity index (χ4n) is 4.56. The molecule has 30 heavy (non-hydrogen) atoms. The summed E-state index contributed by atoms with van der Waals surface area (Å²) in [7, 11) is -1.64. The number of carbonyl (C=O) groups excluding carboxylic acids is 1. The maximum atomic E-state index is 12.9. The number of piperidine rings is 1. The molecule has 2 bridgehead atoms. The molecular weight excluding hydrogens is 400 g/mol. The van der Waals surface area contributed by atoms with Crippen LogP contribution in [0.5, 0.6) is 0 Å². The lowest BCUT2D eigenvalue weighted by Gasteiger charge is -2.36. The number of amides is 1. The van der Waals surface area contributed by atoms with Crippen molar-refractivity contribution in [2.24, 2.45) is 0 Å². The fourth-order valence-corrected chi connectivity index (χ4v) is 5.87. The van der Waals surface area contributed by atoms with Gasteiger partial charge in [0, 0.05) is 29.4 Å². The van der Waals surface area contributed by atoms with Crippen molar-refractivity contribution in [3.63, 3.8) is 0 Å². The Bertz CT molecular complexity index is 1070. The van der Waals surface area contributed by atoms with Gasteiger partial charge in [-0.1, -0.05) is 18.2 Å². The molecule has 0 aliphatic carbocycles. The number of sulfone groups is 1. The molecule has 2 aliphatic rings. The first kappa shape index (κ1) is 20.6. The second-order valence-electron chi connectivity index (χ2n) is 8.13. The van der Waals surface area contributed by atoms with E-state index in [2.05, 4.69) is 17.3 Å². The number of fused-ring (bicyclic) bond motifs is 2. The first-order valence-electron chi connectivity index (χ1n) is 10.1. The van der Waals surface area contributed by atoms with Crippen molar-refractivity contribution in [3.05, 3.63) is 54.1 Å². The number of hydrogen-bond donors (Lipinski definition) is 3. The molecule has 2 aliphatic heterocycles. The summed E-state index contributed by atoms with van der Waals surface area (Å²) in [5.74, 6) is -0.523. The molecule has 2 heterocycles. The van der Waals surface area contributed by atoms with Gasteiger partial charge in [0.2, 0.25) is 9.84 Å². The second kappa shape index (κ2) is 7.85. The third kappa shape index (κ3) is 3.73. The topological polar surface area (TPSA) is 116 Å². The van der Waals surface area contributed by atoms with E-state index >= 15 is 0 Å². The van der Waals surface area contributed by atoms with Gasteiger partial charge in [0.1, 0.15) is 5.71 Å². The second-order valence-corrected chi connectivity index (χ2v) is 10.1. The molecule has 2 unspecified atom stereocenters. The molecule has 8 heteroatoms. The van der Waals surface area contributed by atoms with E-state index < -0.39 is 15.7 Å². The van der Waals surface area contributed by atoms with Crippen LogP contribution in [-0.2, 0) is 14.6 Å². The molecule has 0 spiro atoms. The van der Waals surface area contributed by atoms with Gasteiger partial charge in [-0.2, -0.15) is 0 Å². The van der Waals surface area contributed by atoms with Crippen LogP contribution < -0.4 is 11.1 Å². The van der Waals surface area contributed by atoms with Gasteiger partial charge in [0.15, 0.2) is 0 Å². The van der Waals surface area contributed by atoms with Gasteiger partial charge < -0.3 is 16.0 Å². The maximum Gasteiger partial charge on any atom is 0.270 e. The number of carbonyl (C=O) groups is 1. The van der Waals surface area contributed by atoms with Gasteiger partial charge in [0.05, 0.1) is 9.79 Å². The Labute approximate surface area is 176 Å². The molecular formula is C22H26N4O3S. The standard InChI is InChI=1S/C22H26N4O3S/c1-26-15-7-8-16(26)12-14(11-15)25-22(27)21(24)19-13-18(9-10-20(19)23)30(28,29)17-5-3-2-4-6-17/h2-6,9-10,13-16,24H,7-8,11-12,23H2,1H3,(H,25,27). The smallest absolute Gasteiger partial charge is 0.270 e. The highest BCUT2D eigenvalue weighted by atomic mass is 32.2. The van der Waals surface area contributed by atoms with Crippen LogP contribution in [0.15, 0.2) is 58.3 Å². The summed E-state index contributed by atoms with van der Waals surface area (Å²) >= 11 is 0. The summed E-state index contributed by atoms with van der Waals surface area (Å²) in [5, 5.41) is 11.3. The normalized spacial score (nSPS) is 23.8. The molecule has 158 valence electrons. The average molecular weight is 427 g/mol. The van der Waals surface area contributed by atoms with E-state index in [-0.39, 0.29) is 32.8 Å². The summed E-state index contributed by atoms with van der Waals surface area (Å²) in [6, 6.07) is 13.2. The SMILES string of the molecule is CN1C2CCC1CC(NC(=O)C(=N)c1cc(S(=O)(=O)c3ccccc3)ccc1N)C2. The first-order chi connectivity index (χ1) is 14.3. The van der Waals surface area contributed by atoms with Crippen LogP contribution in [0, 0.1) is 5.41 Å². The van der Waals surface area contributed by atoms with Crippen molar-refractivity contribution >= 4 is 27.1 Å². The lowest BCUT2D eigenvalue weighted by molar-refractivity contribution is -0.115. The molecule has 0 radical (unpaired) electrons. The summed E-state index contributed by atoms with van der Waals surface area (Å²) in [6.07, 6.45) is 4.00. The Morgan fingerprint density at radius 2 is 1.70 bits per heavy atom. The van der Waals surface area contributed by atoms with E-state index in [9.17, 15) is 13.2 Å². The number of anilines is 1. The van der Waals surface area contributed by atoms with Crippen molar-refractivity contribution < 1.29 is 13.2 Å². The zero-order chi connectivity index (χ0) is 21.5. The van der Waals surface area contributed by atoms with Gasteiger partial charge in [-0.15, -0.1) is 0 Å². The molecule has 2 atom stereocenters. The lowest BCUT2D eigenvalue weighted by Crippen LogP contribution is -2.50. The summed E-state index contributed by atoms with van der Waals surface area (Å²) in [5.41, 5.74) is 6.00. The predicted octanol–water partition coefficient (Wildman–Crippen LogP) is 2.21. The Kier molecular flexibility index (Phi) is 5.38. The molecule has 2 fully saturated rings. The van der Waals surface area contributed by atoms with E-state index in [1.165, 1.54) is 30.3 Å². The van der Waals surface area contributed by atoms with Gasteiger partial charge in [0.25, 0.3) is 5.91 Å². The van der Waals surface area contributed by atoms with Crippen molar-refractivity contribution in [1.82, 2.24) is 10.2 Å². The summed E-state index contributed by atoms with van der Waals surface area (Å²) < 4.78 is 25.8. The lowest BCUT2D eigenvalue weighted by atomic mass is 9.97. The van der Waals surface area contributed by atoms with Crippen LogP contribution in [0.25, 0.3) is 0 Å². The molecule has 2 aromatic rings. The van der Waals surface area contributed by atoms with E-state index in [0.29, 0.717) is 12.1 Å². The number of benzene rings is 2.